The summed E-state index contributed by atoms with van der Waals surface area (Å²) in [7, 11) is -3.89. The SMILES string of the molecule is Cc1cccc(Cl)c1-c1noc(C2CC2)c1COc1ccc2c(c1)CCc1ccc(C(=O)O)cc1S2(=O)=O. The molecule has 0 amide bonds. The first-order valence-electron chi connectivity index (χ1n) is 12.3. The Balaban J connectivity index is 1.33. The third-order valence-electron chi connectivity index (χ3n) is 7.20. The number of halogens is 1. The molecule has 1 fully saturated rings. The van der Waals surface area contributed by atoms with E-state index in [-0.39, 0.29) is 22.0 Å². The Morgan fingerprint density at radius 2 is 1.87 bits per heavy atom. The van der Waals surface area contributed by atoms with Gasteiger partial charge in [-0.25, -0.2) is 13.2 Å². The summed E-state index contributed by atoms with van der Waals surface area (Å²) < 4.78 is 38.9. The number of nitrogens with zero attached hydrogens (tertiary/aromatic N) is 1. The minimum atomic E-state index is -3.89. The van der Waals surface area contributed by atoms with Gasteiger partial charge in [-0.15, -0.1) is 0 Å². The van der Waals surface area contributed by atoms with Crippen molar-refractivity contribution in [2.24, 2.45) is 0 Å². The van der Waals surface area contributed by atoms with Crippen LogP contribution < -0.4 is 4.74 Å². The van der Waals surface area contributed by atoms with Crippen LogP contribution >= 0.6 is 11.6 Å². The molecule has 9 heteroatoms. The highest BCUT2D eigenvalue weighted by molar-refractivity contribution is 7.91. The summed E-state index contributed by atoms with van der Waals surface area (Å²) in [5.41, 5.74) is 4.49. The Labute approximate surface area is 224 Å². The fourth-order valence-corrected chi connectivity index (χ4v) is 7.15. The molecule has 0 spiro atoms. The number of fused-ring (bicyclic) bond motifs is 2. The van der Waals surface area contributed by atoms with Crippen molar-refractivity contribution in [2.75, 3.05) is 0 Å². The van der Waals surface area contributed by atoms with Crippen molar-refractivity contribution in [3.63, 3.8) is 0 Å². The second-order valence-corrected chi connectivity index (χ2v) is 12.1. The molecule has 0 radical (unpaired) electrons. The fourth-order valence-electron chi connectivity index (χ4n) is 5.05. The lowest BCUT2D eigenvalue weighted by Gasteiger charge is -2.13. The van der Waals surface area contributed by atoms with Crippen LogP contribution in [0.3, 0.4) is 0 Å². The molecule has 1 aromatic heterocycles. The first kappa shape index (κ1) is 24.7. The van der Waals surface area contributed by atoms with Gasteiger partial charge in [0, 0.05) is 11.5 Å². The molecule has 1 aliphatic heterocycles. The van der Waals surface area contributed by atoms with Crippen LogP contribution in [0.2, 0.25) is 5.02 Å². The van der Waals surface area contributed by atoms with Crippen molar-refractivity contribution in [2.45, 2.75) is 54.9 Å². The smallest absolute Gasteiger partial charge is 0.335 e. The van der Waals surface area contributed by atoms with Crippen LogP contribution in [0.25, 0.3) is 11.3 Å². The van der Waals surface area contributed by atoms with Gasteiger partial charge in [-0.2, -0.15) is 0 Å². The number of rotatable bonds is 6. The summed E-state index contributed by atoms with van der Waals surface area (Å²) >= 11 is 6.53. The number of carbonyl (C=O) groups is 1. The molecule has 0 saturated heterocycles. The number of carboxylic acids is 1. The van der Waals surface area contributed by atoms with E-state index in [1.165, 1.54) is 18.2 Å². The number of aryl methyl sites for hydroxylation is 3. The van der Waals surface area contributed by atoms with E-state index in [0.717, 1.165) is 35.3 Å². The summed E-state index contributed by atoms with van der Waals surface area (Å²) in [6.07, 6.45) is 3.02. The van der Waals surface area contributed by atoms with Crippen LogP contribution in [0.1, 0.15) is 57.1 Å². The number of hydrogen-bond donors (Lipinski definition) is 1. The molecular formula is C29H24ClNO6S. The van der Waals surface area contributed by atoms with Gasteiger partial charge in [0.2, 0.25) is 9.84 Å². The van der Waals surface area contributed by atoms with Crippen LogP contribution in [0.4, 0.5) is 0 Å². The number of aromatic carboxylic acids is 1. The van der Waals surface area contributed by atoms with Crippen molar-refractivity contribution < 1.29 is 27.6 Å². The predicted octanol–water partition coefficient (Wildman–Crippen LogP) is 6.39. The summed E-state index contributed by atoms with van der Waals surface area (Å²) in [6.45, 7) is 2.17. The Morgan fingerprint density at radius 1 is 1.08 bits per heavy atom. The second-order valence-electron chi connectivity index (χ2n) is 9.77. The third kappa shape index (κ3) is 4.27. The highest BCUT2D eigenvalue weighted by Crippen LogP contribution is 2.45. The van der Waals surface area contributed by atoms with Gasteiger partial charge in [0.05, 0.1) is 25.9 Å². The zero-order valence-electron chi connectivity index (χ0n) is 20.5. The maximum Gasteiger partial charge on any atom is 0.335 e. The van der Waals surface area contributed by atoms with Crippen LogP contribution in [0.5, 0.6) is 5.75 Å². The molecule has 38 heavy (non-hydrogen) atoms. The first-order chi connectivity index (χ1) is 18.2. The van der Waals surface area contributed by atoms with Crippen LogP contribution in [-0.4, -0.2) is 24.7 Å². The molecule has 7 nitrogen and oxygen atoms in total. The quantitative estimate of drug-likeness (QED) is 0.297. The van der Waals surface area contributed by atoms with Gasteiger partial charge in [0.1, 0.15) is 23.8 Å². The van der Waals surface area contributed by atoms with Gasteiger partial charge < -0.3 is 14.4 Å². The largest absolute Gasteiger partial charge is 0.489 e. The van der Waals surface area contributed by atoms with Crippen LogP contribution in [0, 0.1) is 6.92 Å². The maximum atomic E-state index is 13.5. The Hall–Kier alpha value is -3.62. The normalized spacial score (nSPS) is 15.8. The predicted molar refractivity (Wildman–Crippen MR) is 141 cm³/mol. The molecule has 1 aliphatic carbocycles. The average Bonchev–Trinajstić information content (AvgIpc) is 3.67. The molecule has 1 saturated carbocycles. The van der Waals surface area contributed by atoms with E-state index in [1.54, 1.807) is 18.2 Å². The zero-order chi connectivity index (χ0) is 26.6. The fraction of sp³-hybridized carbons (Fsp3) is 0.241. The average molecular weight is 550 g/mol. The lowest BCUT2D eigenvalue weighted by Crippen LogP contribution is -2.07. The van der Waals surface area contributed by atoms with Crippen LogP contribution in [-0.2, 0) is 29.3 Å². The second kappa shape index (κ2) is 9.29. The molecular weight excluding hydrogens is 526 g/mol. The molecule has 0 unspecified atom stereocenters. The molecule has 6 rings (SSSR count). The number of ether oxygens (including phenoxy) is 1. The number of carboxylic acid groups (broad SMARTS) is 1. The minimum Gasteiger partial charge on any atom is -0.489 e. The van der Waals surface area contributed by atoms with Crippen LogP contribution in [0.15, 0.2) is 68.9 Å². The van der Waals surface area contributed by atoms with E-state index >= 15 is 0 Å². The Bertz CT molecular complexity index is 1680. The number of hydrogen-bond acceptors (Lipinski definition) is 6. The summed E-state index contributed by atoms with van der Waals surface area (Å²) in [4.78, 5) is 11.6. The standard InChI is InChI=1S/C29H24ClNO6S/c1-16-3-2-4-23(30)26(16)27-22(28(37-31-27)18-7-8-18)15-36-21-11-12-24-19(13-21)9-5-17-6-10-20(29(32)33)14-25(17)38(24,34)35/h2-4,6,10-14,18H,5,7-9,15H2,1H3,(H,32,33). The van der Waals surface area contributed by atoms with Gasteiger partial charge in [0.25, 0.3) is 0 Å². The molecule has 4 aromatic rings. The monoisotopic (exact) mass is 549 g/mol. The molecule has 2 heterocycles. The van der Waals surface area contributed by atoms with Crippen molar-refractivity contribution in [1.82, 2.24) is 5.16 Å². The Kier molecular flexibility index (Phi) is 6.04. The molecule has 1 N–H and O–H groups in total. The highest BCUT2D eigenvalue weighted by atomic mass is 35.5. The lowest BCUT2D eigenvalue weighted by molar-refractivity contribution is 0.0696. The highest BCUT2D eigenvalue weighted by Gasteiger charge is 2.34. The van der Waals surface area contributed by atoms with Gasteiger partial charge in [-0.05, 0) is 85.7 Å². The van der Waals surface area contributed by atoms with E-state index in [9.17, 15) is 18.3 Å². The molecule has 3 aromatic carbocycles. The van der Waals surface area contributed by atoms with Crippen molar-refractivity contribution in [3.8, 4) is 17.0 Å². The number of sulfone groups is 1. The van der Waals surface area contributed by atoms with Crippen molar-refractivity contribution >= 4 is 27.4 Å². The van der Waals surface area contributed by atoms with E-state index in [4.69, 9.17) is 20.9 Å². The lowest BCUT2D eigenvalue weighted by atomic mass is 10.0. The third-order valence-corrected chi connectivity index (χ3v) is 9.45. The Morgan fingerprint density at radius 3 is 2.61 bits per heavy atom. The molecule has 2 aliphatic rings. The topological polar surface area (TPSA) is 107 Å². The summed E-state index contributed by atoms with van der Waals surface area (Å²) in [5, 5.41) is 14.3. The van der Waals surface area contributed by atoms with E-state index in [1.807, 2.05) is 25.1 Å². The van der Waals surface area contributed by atoms with Crippen molar-refractivity contribution in [3.05, 3.63) is 93.2 Å². The van der Waals surface area contributed by atoms with E-state index in [2.05, 4.69) is 5.16 Å². The van der Waals surface area contributed by atoms with Gasteiger partial charge in [-0.1, -0.05) is 35.0 Å². The zero-order valence-corrected chi connectivity index (χ0v) is 22.1. The van der Waals surface area contributed by atoms with E-state index in [0.29, 0.717) is 46.4 Å². The maximum absolute atomic E-state index is 13.5. The number of aromatic nitrogens is 1. The van der Waals surface area contributed by atoms with Gasteiger partial charge in [-0.3, -0.25) is 0 Å². The molecule has 0 atom stereocenters. The summed E-state index contributed by atoms with van der Waals surface area (Å²) in [6, 6.07) is 14.9. The van der Waals surface area contributed by atoms with Gasteiger partial charge >= 0.3 is 5.97 Å². The minimum absolute atomic E-state index is 0.0446. The van der Waals surface area contributed by atoms with Crippen molar-refractivity contribution in [1.29, 1.82) is 0 Å². The molecule has 194 valence electrons. The van der Waals surface area contributed by atoms with E-state index < -0.39 is 15.8 Å². The summed E-state index contributed by atoms with van der Waals surface area (Å²) in [5.74, 6) is 0.480. The number of benzene rings is 3. The molecule has 0 bridgehead atoms. The first-order valence-corrected chi connectivity index (χ1v) is 14.2. The van der Waals surface area contributed by atoms with Gasteiger partial charge in [0.15, 0.2) is 0 Å².